The third-order valence-electron chi connectivity index (χ3n) is 4.68. The van der Waals surface area contributed by atoms with Crippen LogP contribution < -0.4 is 10.1 Å². The molecule has 1 N–H and O–H groups in total. The number of nitrogens with zero attached hydrogens (tertiary/aromatic N) is 1. The Morgan fingerprint density at radius 3 is 2.37 bits per heavy atom. The van der Waals surface area contributed by atoms with Crippen LogP contribution in [-0.4, -0.2) is 49.5 Å². The molecule has 1 aliphatic rings. The van der Waals surface area contributed by atoms with Gasteiger partial charge in [0, 0.05) is 32.5 Å². The summed E-state index contributed by atoms with van der Waals surface area (Å²) >= 11 is 0. The Morgan fingerprint density at radius 1 is 1.11 bits per heavy atom. The smallest absolute Gasteiger partial charge is 0.309 e. The fourth-order valence-corrected chi connectivity index (χ4v) is 3.04. The highest BCUT2D eigenvalue weighted by molar-refractivity contribution is 5.84. The van der Waals surface area contributed by atoms with Crippen molar-refractivity contribution in [2.45, 2.75) is 39.2 Å². The van der Waals surface area contributed by atoms with Crippen LogP contribution in [0.3, 0.4) is 0 Å². The second-order valence-corrected chi connectivity index (χ2v) is 6.53. The normalized spacial score (nSPS) is 14.5. The molecule has 2 amide bonds. The molecule has 1 aromatic rings. The van der Waals surface area contributed by atoms with Gasteiger partial charge in [-0.25, -0.2) is 0 Å². The van der Waals surface area contributed by atoms with E-state index < -0.39 is 0 Å². The van der Waals surface area contributed by atoms with Gasteiger partial charge in [-0.3, -0.25) is 14.4 Å². The minimum atomic E-state index is -0.178. The summed E-state index contributed by atoms with van der Waals surface area (Å²) in [6, 6.07) is 7.45. The van der Waals surface area contributed by atoms with E-state index in [1.165, 1.54) is 0 Å². The van der Waals surface area contributed by atoms with Gasteiger partial charge in [0.25, 0.3) is 0 Å². The minimum absolute atomic E-state index is 0.0445. The van der Waals surface area contributed by atoms with Gasteiger partial charge in [0.15, 0.2) is 0 Å². The molecule has 7 heteroatoms. The second-order valence-electron chi connectivity index (χ2n) is 6.53. The maximum Gasteiger partial charge on any atom is 0.309 e. The van der Waals surface area contributed by atoms with Gasteiger partial charge in [-0.2, -0.15) is 0 Å². The number of rotatable bonds is 8. The number of methoxy groups -OCH3 is 1. The Hall–Kier alpha value is -2.57. The maximum absolute atomic E-state index is 12.3. The summed E-state index contributed by atoms with van der Waals surface area (Å²) in [7, 11) is 1.60. The summed E-state index contributed by atoms with van der Waals surface area (Å²) in [6.07, 6.45) is 1.58. The molecule has 2 rings (SSSR count). The lowest BCUT2D eigenvalue weighted by atomic mass is 9.96. The molecule has 1 saturated heterocycles. The number of esters is 1. The highest BCUT2D eigenvalue weighted by Gasteiger charge is 2.28. The number of hydrogen-bond donors (Lipinski definition) is 1. The molecule has 0 saturated carbocycles. The first-order chi connectivity index (χ1) is 13.0. The van der Waals surface area contributed by atoms with Gasteiger partial charge in [0.2, 0.25) is 11.8 Å². The van der Waals surface area contributed by atoms with Crippen LogP contribution in [0.25, 0.3) is 0 Å². The Labute approximate surface area is 160 Å². The number of likely N-dealkylation sites (tertiary alicyclic amines) is 1. The second kappa shape index (κ2) is 10.5. The SMILES string of the molecule is CCOC(=O)C1CCN(C(=O)CCC(=O)NCc2ccc(OC)cc2)CC1. The predicted molar refractivity (Wildman–Crippen MR) is 100 cm³/mol. The van der Waals surface area contributed by atoms with Crippen LogP contribution >= 0.6 is 0 Å². The number of piperidine rings is 1. The van der Waals surface area contributed by atoms with Crippen molar-refractivity contribution in [2.75, 3.05) is 26.8 Å². The third-order valence-corrected chi connectivity index (χ3v) is 4.68. The van der Waals surface area contributed by atoms with E-state index in [1.54, 1.807) is 18.9 Å². The van der Waals surface area contributed by atoms with Gasteiger partial charge in [-0.05, 0) is 37.5 Å². The number of carbonyl (C=O) groups excluding carboxylic acids is 3. The molecule has 1 heterocycles. The van der Waals surface area contributed by atoms with Gasteiger partial charge >= 0.3 is 5.97 Å². The molecule has 0 atom stereocenters. The molecule has 27 heavy (non-hydrogen) atoms. The number of hydrogen-bond acceptors (Lipinski definition) is 5. The van der Waals surface area contributed by atoms with Gasteiger partial charge in [-0.15, -0.1) is 0 Å². The summed E-state index contributed by atoms with van der Waals surface area (Å²) in [5.41, 5.74) is 0.969. The Balaban J connectivity index is 1.66. The van der Waals surface area contributed by atoms with Crippen molar-refractivity contribution in [2.24, 2.45) is 5.92 Å². The zero-order valence-electron chi connectivity index (χ0n) is 16.0. The largest absolute Gasteiger partial charge is 0.497 e. The molecule has 0 bridgehead atoms. The van der Waals surface area contributed by atoms with Crippen LogP contribution in [0, 0.1) is 5.92 Å². The Morgan fingerprint density at radius 2 is 1.78 bits per heavy atom. The topological polar surface area (TPSA) is 84.9 Å². The fourth-order valence-electron chi connectivity index (χ4n) is 3.04. The van der Waals surface area contributed by atoms with Gasteiger partial charge in [-0.1, -0.05) is 12.1 Å². The molecule has 0 radical (unpaired) electrons. The molecule has 0 unspecified atom stereocenters. The van der Waals surface area contributed by atoms with E-state index in [2.05, 4.69) is 5.32 Å². The Bertz CT molecular complexity index is 636. The molecular weight excluding hydrogens is 348 g/mol. The van der Waals surface area contributed by atoms with Crippen molar-refractivity contribution in [3.63, 3.8) is 0 Å². The average Bonchev–Trinajstić information content (AvgIpc) is 2.71. The lowest BCUT2D eigenvalue weighted by Gasteiger charge is -2.30. The summed E-state index contributed by atoms with van der Waals surface area (Å²) in [6.45, 7) is 3.66. The van der Waals surface area contributed by atoms with Crippen molar-refractivity contribution in [1.82, 2.24) is 10.2 Å². The summed E-state index contributed by atoms with van der Waals surface area (Å²) in [4.78, 5) is 37.7. The van der Waals surface area contributed by atoms with Crippen LogP contribution in [0.4, 0.5) is 0 Å². The number of nitrogens with one attached hydrogen (secondary N) is 1. The summed E-state index contributed by atoms with van der Waals surface area (Å²) in [5.74, 6) is 0.268. The van der Waals surface area contributed by atoms with Crippen molar-refractivity contribution >= 4 is 17.8 Å². The molecule has 0 spiro atoms. The molecule has 1 aliphatic heterocycles. The van der Waals surface area contributed by atoms with Gasteiger partial charge in [0.1, 0.15) is 5.75 Å². The average molecular weight is 376 g/mol. The number of amides is 2. The zero-order valence-corrected chi connectivity index (χ0v) is 16.0. The van der Waals surface area contributed by atoms with Crippen LogP contribution in [-0.2, 0) is 25.7 Å². The van der Waals surface area contributed by atoms with Gasteiger partial charge < -0.3 is 19.7 Å². The maximum atomic E-state index is 12.3. The van der Waals surface area contributed by atoms with E-state index in [1.807, 2.05) is 24.3 Å². The van der Waals surface area contributed by atoms with Crippen LogP contribution in [0.1, 0.15) is 38.2 Å². The highest BCUT2D eigenvalue weighted by atomic mass is 16.5. The molecule has 148 valence electrons. The monoisotopic (exact) mass is 376 g/mol. The van der Waals surface area contributed by atoms with Gasteiger partial charge in [0.05, 0.1) is 19.6 Å². The summed E-state index contributed by atoms with van der Waals surface area (Å²) in [5, 5.41) is 2.82. The lowest BCUT2D eigenvalue weighted by molar-refractivity contribution is -0.151. The molecule has 1 fully saturated rings. The fraction of sp³-hybridized carbons (Fsp3) is 0.550. The summed E-state index contributed by atoms with van der Waals surface area (Å²) < 4.78 is 10.1. The minimum Gasteiger partial charge on any atom is -0.497 e. The first-order valence-corrected chi connectivity index (χ1v) is 9.37. The first kappa shape index (κ1) is 20.7. The zero-order chi connectivity index (χ0) is 19.6. The van der Waals surface area contributed by atoms with E-state index in [0.717, 1.165) is 11.3 Å². The standard InChI is InChI=1S/C20H28N2O5/c1-3-27-20(25)16-10-12-22(13-11-16)19(24)9-8-18(23)21-14-15-4-6-17(26-2)7-5-15/h4-7,16H,3,8-14H2,1-2H3,(H,21,23). The van der Waals surface area contributed by atoms with Crippen molar-refractivity contribution in [1.29, 1.82) is 0 Å². The highest BCUT2D eigenvalue weighted by Crippen LogP contribution is 2.19. The third kappa shape index (κ3) is 6.58. The van der Waals surface area contributed by atoms with E-state index in [9.17, 15) is 14.4 Å². The molecule has 0 aliphatic carbocycles. The first-order valence-electron chi connectivity index (χ1n) is 9.37. The number of ether oxygens (including phenoxy) is 2. The molecule has 1 aromatic carbocycles. The van der Waals surface area contributed by atoms with E-state index in [-0.39, 0.29) is 36.5 Å². The number of benzene rings is 1. The predicted octanol–water partition coefficient (Wildman–Crippen LogP) is 1.89. The molecular formula is C20H28N2O5. The quantitative estimate of drug-likeness (QED) is 0.701. The van der Waals surface area contributed by atoms with Crippen molar-refractivity contribution in [3.05, 3.63) is 29.8 Å². The Kier molecular flexibility index (Phi) is 8.10. The van der Waals surface area contributed by atoms with Crippen LogP contribution in [0.15, 0.2) is 24.3 Å². The lowest BCUT2D eigenvalue weighted by Crippen LogP contribution is -2.41. The van der Waals surface area contributed by atoms with E-state index >= 15 is 0 Å². The number of carbonyl (C=O) groups is 3. The van der Waals surface area contributed by atoms with Crippen LogP contribution in [0.5, 0.6) is 5.75 Å². The van der Waals surface area contributed by atoms with E-state index in [0.29, 0.717) is 39.1 Å². The van der Waals surface area contributed by atoms with Crippen LogP contribution in [0.2, 0.25) is 0 Å². The van der Waals surface area contributed by atoms with E-state index in [4.69, 9.17) is 9.47 Å². The van der Waals surface area contributed by atoms with Crippen molar-refractivity contribution in [3.8, 4) is 5.75 Å². The molecule has 7 nitrogen and oxygen atoms in total. The molecule has 0 aromatic heterocycles. The van der Waals surface area contributed by atoms with Crippen molar-refractivity contribution < 1.29 is 23.9 Å².